The van der Waals surface area contributed by atoms with Crippen LogP contribution in [-0.2, 0) is 30.7 Å². The predicted molar refractivity (Wildman–Crippen MR) is 240 cm³/mol. The summed E-state index contributed by atoms with van der Waals surface area (Å²) in [5, 5.41) is 1.30. The van der Waals surface area contributed by atoms with Gasteiger partial charge in [0.15, 0.2) is 16.9 Å². The molecule has 6 aromatic carbocycles. The van der Waals surface area contributed by atoms with Crippen molar-refractivity contribution >= 4 is 39.4 Å². The van der Waals surface area contributed by atoms with Crippen LogP contribution in [0.1, 0.15) is 39.0 Å². The molecule has 9 heteroatoms. The number of para-hydroxylation sites is 1. The van der Waals surface area contributed by atoms with Gasteiger partial charge in [0.2, 0.25) is 5.91 Å². The maximum Gasteiger partial charge on any atom is 0.260 e. The highest BCUT2D eigenvalue weighted by atomic mass is 16.5. The highest BCUT2D eigenvalue weighted by Crippen LogP contribution is 2.29. The third kappa shape index (κ3) is 9.53. The van der Waals surface area contributed by atoms with Crippen molar-refractivity contribution < 1.29 is 23.5 Å². The molecule has 0 atom stereocenters. The lowest BCUT2D eigenvalue weighted by Crippen LogP contribution is -2.32. The summed E-state index contributed by atoms with van der Waals surface area (Å²) in [6.07, 6.45) is 3.12. The molecule has 0 fully saturated rings. The number of hydrogen-bond acceptors (Lipinski definition) is 7. The second kappa shape index (κ2) is 18.6. The lowest BCUT2D eigenvalue weighted by molar-refractivity contribution is -0.131. The molecule has 0 unspecified atom stereocenters. The van der Waals surface area contributed by atoms with E-state index < -0.39 is 0 Å². The van der Waals surface area contributed by atoms with E-state index in [4.69, 9.17) is 13.9 Å². The number of aromatic nitrogens is 1. The van der Waals surface area contributed by atoms with E-state index in [0.29, 0.717) is 71.8 Å². The minimum absolute atomic E-state index is 0.0525. The summed E-state index contributed by atoms with van der Waals surface area (Å²) < 4.78 is 17.0. The largest absolute Gasteiger partial charge is 0.493 e. The van der Waals surface area contributed by atoms with E-state index in [1.165, 1.54) is 6.07 Å². The van der Waals surface area contributed by atoms with Crippen LogP contribution in [0.3, 0.4) is 0 Å². The fourth-order valence-corrected chi connectivity index (χ4v) is 7.50. The number of amides is 2. The molecule has 8 rings (SSSR count). The van der Waals surface area contributed by atoms with Gasteiger partial charge in [-0.1, -0.05) is 103 Å². The van der Waals surface area contributed by atoms with Gasteiger partial charge in [0.25, 0.3) is 5.91 Å². The first-order valence-electron chi connectivity index (χ1n) is 20.3. The number of fused-ring (bicyclic) bond motifs is 2. The Bertz CT molecular complexity index is 2860. The normalized spacial score (nSPS) is 11.0. The van der Waals surface area contributed by atoms with E-state index in [2.05, 4.69) is 4.98 Å². The van der Waals surface area contributed by atoms with Crippen molar-refractivity contribution in [3.63, 3.8) is 0 Å². The number of carbonyl (C=O) groups is 2. The van der Waals surface area contributed by atoms with Crippen LogP contribution >= 0.6 is 0 Å². The van der Waals surface area contributed by atoms with Gasteiger partial charge in [0.1, 0.15) is 11.3 Å². The highest BCUT2D eigenvalue weighted by Gasteiger charge is 2.21. The Labute approximate surface area is 354 Å². The molecular weight excluding hydrogens is 763 g/mol. The molecule has 0 spiro atoms. The molecule has 2 heterocycles. The van der Waals surface area contributed by atoms with Crippen LogP contribution < -0.4 is 19.8 Å². The first-order valence-corrected chi connectivity index (χ1v) is 20.3. The zero-order valence-corrected chi connectivity index (χ0v) is 34.1. The molecule has 0 aliphatic carbocycles. The molecule has 0 bridgehead atoms. The number of pyridine rings is 1. The number of hydrogen-bond donors (Lipinski definition) is 0. The number of benzene rings is 6. The van der Waals surface area contributed by atoms with Crippen molar-refractivity contribution in [2.45, 2.75) is 32.4 Å². The van der Waals surface area contributed by atoms with Crippen LogP contribution in [0, 0.1) is 0 Å². The number of anilines is 1. The van der Waals surface area contributed by atoms with E-state index in [-0.39, 0.29) is 23.8 Å². The van der Waals surface area contributed by atoms with Gasteiger partial charge in [0, 0.05) is 48.4 Å². The van der Waals surface area contributed by atoms with Crippen LogP contribution in [0.25, 0.3) is 33.2 Å². The van der Waals surface area contributed by atoms with Crippen molar-refractivity contribution in [1.29, 1.82) is 0 Å². The first kappa shape index (κ1) is 40.3. The van der Waals surface area contributed by atoms with Crippen LogP contribution in [0.15, 0.2) is 173 Å². The van der Waals surface area contributed by atoms with Crippen LogP contribution in [0.5, 0.6) is 11.5 Å². The number of ether oxygens (including phenoxy) is 2. The topological polar surface area (TPSA) is 102 Å². The van der Waals surface area contributed by atoms with E-state index in [0.717, 1.165) is 38.7 Å². The Balaban J connectivity index is 1.03. The van der Waals surface area contributed by atoms with Crippen LogP contribution in [0.2, 0.25) is 0 Å². The minimum Gasteiger partial charge on any atom is -0.493 e. The SMILES string of the molecule is COc1ccc(CCC(=O)N(CCc2ccc(N(Cc3ccc4oc(-c5ccccc5)cc(=O)c4c3)C(=O)c3cnc4ccccc4c3)cc2)Cc2ccccc2)cc1OC. The Morgan fingerprint density at radius 3 is 2.11 bits per heavy atom. The third-order valence-corrected chi connectivity index (χ3v) is 10.8. The van der Waals surface area contributed by atoms with Crippen molar-refractivity contribution in [3.8, 4) is 22.8 Å². The summed E-state index contributed by atoms with van der Waals surface area (Å²) in [7, 11) is 3.21. The summed E-state index contributed by atoms with van der Waals surface area (Å²) in [4.78, 5) is 49.9. The second-order valence-electron chi connectivity index (χ2n) is 14.9. The third-order valence-electron chi connectivity index (χ3n) is 10.8. The molecule has 9 nitrogen and oxygen atoms in total. The lowest BCUT2D eigenvalue weighted by Gasteiger charge is -2.25. The van der Waals surface area contributed by atoms with Crippen molar-refractivity contribution in [1.82, 2.24) is 9.88 Å². The number of rotatable bonds is 15. The minimum atomic E-state index is -0.230. The van der Waals surface area contributed by atoms with Gasteiger partial charge in [-0.3, -0.25) is 19.4 Å². The summed E-state index contributed by atoms with van der Waals surface area (Å²) >= 11 is 0. The smallest absolute Gasteiger partial charge is 0.260 e. The van der Waals surface area contributed by atoms with Gasteiger partial charge >= 0.3 is 0 Å². The molecule has 0 saturated carbocycles. The molecule has 0 radical (unpaired) electrons. The molecule has 0 aliphatic heterocycles. The van der Waals surface area contributed by atoms with Gasteiger partial charge in [-0.2, -0.15) is 0 Å². The Morgan fingerprint density at radius 1 is 0.639 bits per heavy atom. The molecule has 61 heavy (non-hydrogen) atoms. The van der Waals surface area contributed by atoms with Crippen molar-refractivity contribution in [2.75, 3.05) is 25.7 Å². The summed E-state index contributed by atoms with van der Waals surface area (Å²) in [6, 6.07) is 49.7. The zero-order valence-electron chi connectivity index (χ0n) is 34.1. The lowest BCUT2D eigenvalue weighted by atomic mass is 10.1. The van der Waals surface area contributed by atoms with E-state index >= 15 is 0 Å². The second-order valence-corrected chi connectivity index (χ2v) is 14.9. The van der Waals surface area contributed by atoms with Crippen molar-refractivity contribution in [3.05, 3.63) is 202 Å². The molecule has 0 aliphatic rings. The molecule has 0 saturated heterocycles. The van der Waals surface area contributed by atoms with E-state index in [1.807, 2.05) is 144 Å². The molecule has 304 valence electrons. The summed E-state index contributed by atoms with van der Waals surface area (Å²) in [5.74, 6) is 1.60. The predicted octanol–water partition coefficient (Wildman–Crippen LogP) is 10.1. The monoisotopic (exact) mass is 807 g/mol. The molecule has 2 amide bonds. The van der Waals surface area contributed by atoms with Crippen molar-refractivity contribution in [2.24, 2.45) is 0 Å². The number of aryl methyl sites for hydroxylation is 1. The quantitative estimate of drug-likeness (QED) is 0.102. The van der Waals surface area contributed by atoms with Crippen LogP contribution in [-0.4, -0.2) is 42.5 Å². The number of nitrogens with zero attached hydrogens (tertiary/aromatic N) is 3. The van der Waals surface area contributed by atoms with Gasteiger partial charge in [-0.05, 0) is 83.6 Å². The average Bonchev–Trinajstić information content (AvgIpc) is 3.31. The average molecular weight is 808 g/mol. The Kier molecular flexibility index (Phi) is 12.3. The summed E-state index contributed by atoms with van der Waals surface area (Å²) in [5.41, 5.74) is 6.87. The van der Waals surface area contributed by atoms with Gasteiger partial charge in [0.05, 0.1) is 37.2 Å². The van der Waals surface area contributed by atoms with Gasteiger partial charge < -0.3 is 23.7 Å². The maximum atomic E-state index is 14.5. The fraction of sp³-hybridized carbons (Fsp3) is 0.154. The van der Waals surface area contributed by atoms with E-state index in [9.17, 15) is 14.4 Å². The molecule has 8 aromatic rings. The number of carbonyl (C=O) groups excluding carboxylic acids is 2. The highest BCUT2D eigenvalue weighted by molar-refractivity contribution is 6.07. The van der Waals surface area contributed by atoms with Crippen LogP contribution in [0.4, 0.5) is 5.69 Å². The molecule has 2 aromatic heterocycles. The molecular formula is C52H45N3O6. The Hall–Kier alpha value is -7.52. The fourth-order valence-electron chi connectivity index (χ4n) is 7.50. The molecule has 0 N–H and O–H groups in total. The van der Waals surface area contributed by atoms with Gasteiger partial charge in [-0.25, -0.2) is 0 Å². The standard InChI is InChI=1S/C52H45N3O6/c1-59-48-25-19-37(30-50(48)60-2)21-26-51(57)54(34-38-11-5-3-6-12-38)28-27-36-17-22-43(23-18-36)55(52(58)42-31-41-15-9-10-16-45(41)53-33-42)35-39-20-24-47-44(29-39)46(56)32-49(61-47)40-13-7-4-8-14-40/h3-20,22-25,29-33H,21,26-28,34-35H2,1-2H3. The first-order chi connectivity index (χ1) is 29.8. The maximum absolute atomic E-state index is 14.5. The van der Waals surface area contributed by atoms with Gasteiger partial charge in [-0.15, -0.1) is 0 Å². The van der Waals surface area contributed by atoms with E-state index in [1.54, 1.807) is 37.4 Å². The summed E-state index contributed by atoms with van der Waals surface area (Å²) in [6.45, 7) is 1.19. The zero-order chi connectivity index (χ0) is 42.1. The number of methoxy groups -OCH3 is 2. The Morgan fingerprint density at radius 2 is 1.34 bits per heavy atom.